The Balaban J connectivity index is 1.89. The number of alkyl halides is 1. The number of halogens is 3. The molecule has 1 atom stereocenters. The fourth-order valence-electron chi connectivity index (χ4n) is 1.94. The third kappa shape index (κ3) is 4.80. The largest absolute Gasteiger partial charge is 0.494 e. The van der Waals surface area contributed by atoms with E-state index < -0.39 is 0 Å². The Morgan fingerprint density at radius 1 is 1.10 bits per heavy atom. The third-order valence-corrected chi connectivity index (χ3v) is 4.60. The van der Waals surface area contributed by atoms with E-state index in [9.17, 15) is 0 Å². The van der Waals surface area contributed by atoms with Crippen LogP contribution in [0.3, 0.4) is 0 Å². The molecule has 4 heteroatoms. The molecule has 0 saturated carbocycles. The molecule has 0 aliphatic carbocycles. The van der Waals surface area contributed by atoms with Crippen LogP contribution in [0, 0.1) is 0 Å². The molecule has 0 saturated heterocycles. The highest BCUT2D eigenvalue weighted by Crippen LogP contribution is 2.25. The van der Waals surface area contributed by atoms with Gasteiger partial charge >= 0.3 is 0 Å². The summed E-state index contributed by atoms with van der Waals surface area (Å²) in [7, 11) is 0. The SMILES string of the molecule is Clc1cccc(C(CBr)CCOc2ccc(Br)cc2)c1. The van der Waals surface area contributed by atoms with E-state index in [1.807, 2.05) is 42.5 Å². The molecule has 1 unspecified atom stereocenters. The van der Waals surface area contributed by atoms with Crippen LogP contribution in [0.15, 0.2) is 53.0 Å². The molecule has 0 bridgehead atoms. The molecule has 0 spiro atoms. The van der Waals surface area contributed by atoms with Crippen molar-refractivity contribution in [3.8, 4) is 5.75 Å². The fourth-order valence-corrected chi connectivity index (χ4v) is 3.10. The predicted molar refractivity (Wildman–Crippen MR) is 92.2 cm³/mol. The van der Waals surface area contributed by atoms with Gasteiger partial charge in [0, 0.05) is 14.8 Å². The molecule has 0 aliphatic rings. The quantitative estimate of drug-likeness (QED) is 0.519. The van der Waals surface area contributed by atoms with Crippen LogP contribution >= 0.6 is 43.5 Å². The van der Waals surface area contributed by atoms with Crippen molar-refractivity contribution in [1.82, 2.24) is 0 Å². The van der Waals surface area contributed by atoms with Gasteiger partial charge in [0.25, 0.3) is 0 Å². The lowest BCUT2D eigenvalue weighted by Gasteiger charge is -2.15. The fraction of sp³-hybridized carbons (Fsp3) is 0.250. The summed E-state index contributed by atoms with van der Waals surface area (Å²) in [5, 5.41) is 1.68. The van der Waals surface area contributed by atoms with Gasteiger partial charge in [-0.05, 0) is 54.3 Å². The summed E-state index contributed by atoms with van der Waals surface area (Å²) in [6.07, 6.45) is 0.946. The van der Waals surface area contributed by atoms with Crippen LogP contribution in [-0.4, -0.2) is 11.9 Å². The van der Waals surface area contributed by atoms with E-state index in [2.05, 4.69) is 37.9 Å². The average Bonchev–Trinajstić information content (AvgIpc) is 2.45. The molecular formula is C16H15Br2ClO. The second-order valence-corrected chi connectivity index (χ2v) is 6.50. The van der Waals surface area contributed by atoms with Gasteiger partial charge in [-0.2, -0.15) is 0 Å². The Kier molecular flexibility index (Phi) is 6.40. The summed E-state index contributed by atoms with van der Waals surface area (Å²) in [5.41, 5.74) is 1.24. The van der Waals surface area contributed by atoms with Crippen molar-refractivity contribution in [1.29, 1.82) is 0 Å². The normalized spacial score (nSPS) is 12.2. The van der Waals surface area contributed by atoms with Crippen LogP contribution in [0.5, 0.6) is 5.75 Å². The standard InChI is InChI=1S/C16H15Br2ClO/c17-11-13(12-2-1-3-15(19)10-12)8-9-20-16-6-4-14(18)5-7-16/h1-7,10,13H,8-9,11H2. The molecular weight excluding hydrogens is 403 g/mol. The highest BCUT2D eigenvalue weighted by Gasteiger charge is 2.10. The van der Waals surface area contributed by atoms with Gasteiger partial charge in [0.1, 0.15) is 5.75 Å². The van der Waals surface area contributed by atoms with E-state index in [-0.39, 0.29) is 0 Å². The van der Waals surface area contributed by atoms with E-state index >= 15 is 0 Å². The monoisotopic (exact) mass is 416 g/mol. The molecule has 1 nitrogen and oxygen atoms in total. The molecule has 0 N–H and O–H groups in total. The van der Waals surface area contributed by atoms with Crippen molar-refractivity contribution in [2.24, 2.45) is 0 Å². The van der Waals surface area contributed by atoms with Crippen LogP contribution in [0.2, 0.25) is 5.02 Å². The van der Waals surface area contributed by atoms with E-state index in [1.165, 1.54) is 5.56 Å². The first-order valence-electron chi connectivity index (χ1n) is 6.39. The Bertz CT molecular complexity index is 542. The molecule has 2 aromatic rings. The van der Waals surface area contributed by atoms with Crippen LogP contribution in [0.1, 0.15) is 17.9 Å². The Morgan fingerprint density at radius 2 is 1.85 bits per heavy atom. The van der Waals surface area contributed by atoms with E-state index in [4.69, 9.17) is 16.3 Å². The topological polar surface area (TPSA) is 9.23 Å². The highest BCUT2D eigenvalue weighted by molar-refractivity contribution is 9.10. The first kappa shape index (κ1) is 15.9. The van der Waals surface area contributed by atoms with Crippen LogP contribution in [0.4, 0.5) is 0 Å². The van der Waals surface area contributed by atoms with Gasteiger partial charge in [0.15, 0.2) is 0 Å². The summed E-state index contributed by atoms with van der Waals surface area (Å²) in [6, 6.07) is 15.9. The van der Waals surface area contributed by atoms with Crippen molar-refractivity contribution in [2.45, 2.75) is 12.3 Å². The summed E-state index contributed by atoms with van der Waals surface area (Å²) in [6.45, 7) is 0.685. The summed E-state index contributed by atoms with van der Waals surface area (Å²) >= 11 is 13.0. The first-order chi connectivity index (χ1) is 9.69. The predicted octanol–water partition coefficient (Wildman–Crippen LogP) is 6.05. The molecule has 0 aromatic heterocycles. The zero-order valence-corrected chi connectivity index (χ0v) is 14.8. The minimum atomic E-state index is 0.407. The van der Waals surface area contributed by atoms with Gasteiger partial charge in [-0.15, -0.1) is 0 Å². The van der Waals surface area contributed by atoms with Gasteiger partial charge < -0.3 is 4.74 Å². The summed E-state index contributed by atoms with van der Waals surface area (Å²) in [5.74, 6) is 1.30. The van der Waals surface area contributed by atoms with E-state index in [0.29, 0.717) is 12.5 Å². The molecule has 0 aliphatic heterocycles. The maximum absolute atomic E-state index is 6.04. The smallest absolute Gasteiger partial charge is 0.119 e. The van der Waals surface area contributed by atoms with Gasteiger partial charge in [-0.3, -0.25) is 0 Å². The second kappa shape index (κ2) is 8.06. The second-order valence-electron chi connectivity index (χ2n) is 4.50. The van der Waals surface area contributed by atoms with Crippen molar-refractivity contribution >= 4 is 43.5 Å². The lowest BCUT2D eigenvalue weighted by Crippen LogP contribution is -2.07. The van der Waals surface area contributed by atoms with Crippen molar-refractivity contribution in [3.05, 3.63) is 63.6 Å². The maximum Gasteiger partial charge on any atom is 0.119 e. The average molecular weight is 419 g/mol. The minimum Gasteiger partial charge on any atom is -0.494 e. The summed E-state index contributed by atoms with van der Waals surface area (Å²) < 4.78 is 6.83. The highest BCUT2D eigenvalue weighted by atomic mass is 79.9. The minimum absolute atomic E-state index is 0.407. The molecule has 106 valence electrons. The van der Waals surface area contributed by atoms with Crippen LogP contribution in [-0.2, 0) is 0 Å². The Morgan fingerprint density at radius 3 is 2.50 bits per heavy atom. The van der Waals surface area contributed by atoms with Gasteiger partial charge in [0.2, 0.25) is 0 Å². The van der Waals surface area contributed by atoms with Crippen LogP contribution < -0.4 is 4.74 Å². The molecule has 2 aromatic carbocycles. The molecule has 2 rings (SSSR count). The molecule has 0 amide bonds. The van der Waals surface area contributed by atoms with Crippen molar-refractivity contribution < 1.29 is 4.74 Å². The van der Waals surface area contributed by atoms with E-state index in [1.54, 1.807) is 0 Å². The van der Waals surface area contributed by atoms with Gasteiger partial charge in [-0.25, -0.2) is 0 Å². The Labute approximate surface area is 141 Å². The lowest BCUT2D eigenvalue weighted by molar-refractivity contribution is 0.301. The molecule has 0 fully saturated rings. The molecule has 0 heterocycles. The number of benzene rings is 2. The maximum atomic E-state index is 6.04. The van der Waals surface area contributed by atoms with Crippen molar-refractivity contribution in [3.63, 3.8) is 0 Å². The Hall–Kier alpha value is -0.510. The summed E-state index contributed by atoms with van der Waals surface area (Å²) in [4.78, 5) is 0. The number of hydrogen-bond donors (Lipinski definition) is 0. The number of rotatable bonds is 6. The van der Waals surface area contributed by atoms with Gasteiger partial charge in [-0.1, -0.05) is 55.6 Å². The number of ether oxygens (including phenoxy) is 1. The molecule has 0 radical (unpaired) electrons. The van der Waals surface area contributed by atoms with E-state index in [0.717, 1.165) is 27.0 Å². The lowest BCUT2D eigenvalue weighted by atomic mass is 9.98. The van der Waals surface area contributed by atoms with Crippen molar-refractivity contribution in [2.75, 3.05) is 11.9 Å². The zero-order chi connectivity index (χ0) is 14.4. The third-order valence-electron chi connectivity index (χ3n) is 3.06. The number of hydrogen-bond acceptors (Lipinski definition) is 1. The zero-order valence-electron chi connectivity index (χ0n) is 10.9. The van der Waals surface area contributed by atoms with Gasteiger partial charge in [0.05, 0.1) is 6.61 Å². The first-order valence-corrected chi connectivity index (χ1v) is 8.68. The molecule has 20 heavy (non-hydrogen) atoms. The van der Waals surface area contributed by atoms with Crippen LogP contribution in [0.25, 0.3) is 0 Å².